The lowest BCUT2D eigenvalue weighted by Gasteiger charge is -2.14. The monoisotopic (exact) mass is 541 g/mol. The van der Waals surface area contributed by atoms with Gasteiger partial charge in [0.25, 0.3) is 16.0 Å². The predicted octanol–water partition coefficient (Wildman–Crippen LogP) is 3.23. The molecule has 0 atom stereocenters. The highest BCUT2D eigenvalue weighted by Gasteiger charge is 2.18. The van der Waals surface area contributed by atoms with Crippen LogP contribution in [0.15, 0.2) is 60.8 Å². The summed E-state index contributed by atoms with van der Waals surface area (Å²) >= 11 is 0. The fourth-order valence-electron chi connectivity index (χ4n) is 3.27. The molecular weight excluding hydrogens is 510 g/mol. The highest BCUT2D eigenvalue weighted by atomic mass is 32.2. The van der Waals surface area contributed by atoms with Gasteiger partial charge in [0.2, 0.25) is 0 Å². The number of nitrogens with zero attached hydrogens (tertiary/aromatic N) is 1. The largest absolute Gasteiger partial charge is 0.478 e. The summed E-state index contributed by atoms with van der Waals surface area (Å²) in [6.45, 7) is 4.84. The molecule has 0 fully saturated rings. The molecule has 0 saturated heterocycles. The normalized spacial score (nSPS) is 10.8. The first-order chi connectivity index (χ1) is 17.8. The first-order valence-electron chi connectivity index (χ1n) is 11.5. The van der Waals surface area contributed by atoms with Gasteiger partial charge in [0.1, 0.15) is 5.84 Å². The van der Waals surface area contributed by atoms with E-state index in [9.17, 15) is 23.1 Å². The number of anilines is 1. The van der Waals surface area contributed by atoms with Crippen LogP contribution in [-0.2, 0) is 16.7 Å². The summed E-state index contributed by atoms with van der Waals surface area (Å²) in [5.74, 6) is -1.14. The van der Waals surface area contributed by atoms with Crippen molar-refractivity contribution in [2.75, 3.05) is 18.1 Å². The molecule has 2 aromatic carbocycles. The highest BCUT2D eigenvalue weighted by molar-refractivity contribution is 7.85. The van der Waals surface area contributed by atoms with Gasteiger partial charge in [-0.2, -0.15) is 8.42 Å². The molecule has 3 aromatic rings. The molecule has 0 saturated carbocycles. The van der Waals surface area contributed by atoms with Crippen molar-refractivity contribution < 1.29 is 27.7 Å². The minimum Gasteiger partial charge on any atom is -0.478 e. The molecule has 3 rings (SSSR count). The van der Waals surface area contributed by atoms with Crippen LogP contribution in [-0.4, -0.2) is 53.6 Å². The number of carboxylic acid groups (broad SMARTS) is 1. The molecule has 0 aliphatic heterocycles. The minimum absolute atomic E-state index is 0.00361. The number of hydrogen-bond acceptors (Lipinski definition) is 7. The fourth-order valence-corrected chi connectivity index (χ4v) is 3.27. The Bertz CT molecular complexity index is 1400. The summed E-state index contributed by atoms with van der Waals surface area (Å²) < 4.78 is 25.9. The average Bonchev–Trinajstić information content (AvgIpc) is 2.85. The van der Waals surface area contributed by atoms with Crippen LogP contribution in [0.25, 0.3) is 11.1 Å². The maximum absolute atomic E-state index is 12.4. The van der Waals surface area contributed by atoms with E-state index >= 15 is 0 Å². The number of carbonyl (C=O) groups excluding carboxylic acids is 1. The van der Waals surface area contributed by atoms with Crippen LogP contribution in [0.1, 0.15) is 45.8 Å². The molecule has 0 aliphatic rings. The Kier molecular flexibility index (Phi) is 10.5. The average molecular weight is 542 g/mol. The van der Waals surface area contributed by atoms with Crippen LogP contribution in [0.3, 0.4) is 0 Å². The number of aromatic carboxylic acids is 1. The number of pyridine rings is 1. The van der Waals surface area contributed by atoms with Gasteiger partial charge in [0.15, 0.2) is 0 Å². The van der Waals surface area contributed by atoms with E-state index in [1.807, 2.05) is 32.0 Å². The predicted molar refractivity (Wildman–Crippen MR) is 146 cm³/mol. The zero-order valence-electron chi connectivity index (χ0n) is 21.2. The van der Waals surface area contributed by atoms with Crippen LogP contribution in [0.2, 0.25) is 0 Å². The molecule has 11 nitrogen and oxygen atoms in total. The number of carbonyl (C=O) groups is 2. The van der Waals surface area contributed by atoms with Crippen LogP contribution >= 0.6 is 0 Å². The van der Waals surface area contributed by atoms with Gasteiger partial charge in [-0.1, -0.05) is 26.0 Å². The van der Waals surface area contributed by atoms with Crippen molar-refractivity contribution in [2.24, 2.45) is 11.7 Å². The van der Waals surface area contributed by atoms with E-state index in [4.69, 9.17) is 15.7 Å². The molecule has 202 valence electrons. The Morgan fingerprint density at radius 2 is 1.66 bits per heavy atom. The van der Waals surface area contributed by atoms with E-state index in [2.05, 4.69) is 15.6 Å². The number of aromatic nitrogens is 1. The summed E-state index contributed by atoms with van der Waals surface area (Å²) in [6.07, 6.45) is 2.36. The second kappa shape index (κ2) is 13.3. The number of nitrogen functional groups attached to an aromatic ring is 1. The number of carboxylic acids is 1. The number of nitrogens with two attached hydrogens (primary N) is 1. The number of benzene rings is 2. The van der Waals surface area contributed by atoms with Gasteiger partial charge in [-0.3, -0.25) is 19.7 Å². The lowest BCUT2D eigenvalue weighted by atomic mass is 9.96. The molecule has 7 N–H and O–H groups in total. The van der Waals surface area contributed by atoms with Crippen molar-refractivity contribution in [3.05, 3.63) is 83.2 Å². The molecule has 0 aliphatic carbocycles. The smallest absolute Gasteiger partial charge is 0.336 e. The molecule has 1 amide bonds. The van der Waals surface area contributed by atoms with E-state index < -0.39 is 16.1 Å². The zero-order chi connectivity index (χ0) is 28.5. The lowest BCUT2D eigenvalue weighted by molar-refractivity contribution is 0.0697. The number of nitrogens with one attached hydrogen (secondary N) is 3. The summed E-state index contributed by atoms with van der Waals surface area (Å²) in [4.78, 5) is 28.9. The molecular formula is C26H31N5O6S. The van der Waals surface area contributed by atoms with E-state index in [-0.39, 0.29) is 23.2 Å². The van der Waals surface area contributed by atoms with Gasteiger partial charge in [0, 0.05) is 35.1 Å². The van der Waals surface area contributed by atoms with Crippen molar-refractivity contribution in [1.29, 1.82) is 5.41 Å². The highest BCUT2D eigenvalue weighted by Crippen LogP contribution is 2.28. The van der Waals surface area contributed by atoms with E-state index in [0.717, 1.165) is 5.69 Å². The standard InChI is InChI=1S/C25H27N5O3.CH4O3S/c1-15(2)13-30-24(31)17-7-10-19(21(12-17)25(32)33)20-4-3-11-28-22(20)14-29-18-8-5-16(6-9-18)23(26)27;1-5(2,3)4/h3-12,15,29H,13-14H2,1-2H3,(H3,26,27)(H,30,31)(H,32,33);1H3,(H,2,3,4). The third kappa shape index (κ3) is 9.64. The SMILES string of the molecule is CC(C)CNC(=O)c1ccc(-c2cccnc2CNc2ccc(C(=N)N)cc2)c(C(=O)O)c1.CS(=O)(=O)O. The summed E-state index contributed by atoms with van der Waals surface area (Å²) in [5, 5.41) is 23.4. The van der Waals surface area contributed by atoms with Crippen molar-refractivity contribution >= 4 is 33.5 Å². The third-order valence-corrected chi connectivity index (χ3v) is 5.02. The first-order valence-corrected chi connectivity index (χ1v) is 13.3. The van der Waals surface area contributed by atoms with Crippen LogP contribution < -0.4 is 16.4 Å². The van der Waals surface area contributed by atoms with E-state index in [1.54, 1.807) is 36.5 Å². The Morgan fingerprint density at radius 3 is 2.21 bits per heavy atom. The second-order valence-electron chi connectivity index (χ2n) is 8.74. The fraction of sp³-hybridized carbons (Fsp3) is 0.231. The Labute approximate surface area is 221 Å². The number of hydrogen-bond donors (Lipinski definition) is 6. The van der Waals surface area contributed by atoms with Gasteiger partial charge in [-0.05, 0) is 53.9 Å². The minimum atomic E-state index is -3.67. The molecule has 38 heavy (non-hydrogen) atoms. The lowest BCUT2D eigenvalue weighted by Crippen LogP contribution is -2.27. The Balaban J connectivity index is 0.000000926. The van der Waals surface area contributed by atoms with Gasteiger partial charge < -0.3 is 21.5 Å². The van der Waals surface area contributed by atoms with Crippen molar-refractivity contribution in [1.82, 2.24) is 10.3 Å². The van der Waals surface area contributed by atoms with E-state index in [0.29, 0.717) is 47.3 Å². The van der Waals surface area contributed by atoms with E-state index in [1.165, 1.54) is 6.07 Å². The maximum atomic E-state index is 12.4. The van der Waals surface area contributed by atoms with Gasteiger partial charge in [-0.15, -0.1) is 0 Å². The van der Waals surface area contributed by atoms with Gasteiger partial charge >= 0.3 is 5.97 Å². The number of amides is 1. The van der Waals surface area contributed by atoms with Crippen LogP contribution in [0, 0.1) is 11.3 Å². The summed E-state index contributed by atoms with van der Waals surface area (Å²) in [6, 6.07) is 15.3. The van der Waals surface area contributed by atoms with Crippen molar-refractivity contribution in [2.45, 2.75) is 20.4 Å². The third-order valence-electron chi connectivity index (χ3n) is 5.02. The Hall–Kier alpha value is -4.29. The molecule has 1 heterocycles. The molecule has 0 spiro atoms. The van der Waals surface area contributed by atoms with Crippen molar-refractivity contribution in [3.63, 3.8) is 0 Å². The molecule has 0 bridgehead atoms. The second-order valence-corrected chi connectivity index (χ2v) is 10.2. The summed E-state index contributed by atoms with van der Waals surface area (Å²) in [5.41, 5.74) is 9.07. The molecule has 0 radical (unpaired) electrons. The van der Waals surface area contributed by atoms with Crippen LogP contribution in [0.4, 0.5) is 5.69 Å². The first kappa shape index (κ1) is 29.9. The van der Waals surface area contributed by atoms with Gasteiger partial charge in [0.05, 0.1) is 24.1 Å². The van der Waals surface area contributed by atoms with Gasteiger partial charge in [-0.25, -0.2) is 4.79 Å². The molecule has 0 unspecified atom stereocenters. The van der Waals surface area contributed by atoms with Crippen molar-refractivity contribution in [3.8, 4) is 11.1 Å². The molecule has 12 heteroatoms. The summed E-state index contributed by atoms with van der Waals surface area (Å²) in [7, 11) is -3.67. The molecule has 1 aromatic heterocycles. The van der Waals surface area contributed by atoms with Crippen LogP contribution in [0.5, 0.6) is 0 Å². The quantitative estimate of drug-likeness (QED) is 0.134. The topological polar surface area (TPSA) is 196 Å². The Morgan fingerprint density at radius 1 is 1.05 bits per heavy atom. The number of rotatable bonds is 9. The zero-order valence-corrected chi connectivity index (χ0v) is 22.0. The number of amidine groups is 1. The maximum Gasteiger partial charge on any atom is 0.336 e.